The highest BCUT2D eigenvalue weighted by molar-refractivity contribution is 7.91. The van der Waals surface area contributed by atoms with Gasteiger partial charge in [0.25, 0.3) is 5.16 Å². The van der Waals surface area contributed by atoms with E-state index >= 15 is 0 Å². The number of halogens is 1. The summed E-state index contributed by atoms with van der Waals surface area (Å²) < 4.78 is 26.4. The number of carbonyl (C=O) groups is 1. The van der Waals surface area contributed by atoms with E-state index in [1.54, 1.807) is 7.05 Å². The molecule has 1 heterocycles. The van der Waals surface area contributed by atoms with E-state index in [9.17, 15) is 13.2 Å². The predicted molar refractivity (Wildman–Crippen MR) is 87.4 cm³/mol. The standard InChI is InChI=1S/C14H22N4O3S.ClH/c1-9(2)17(3)14(19)18-8-15-13(16-18)22(20,21)12-7-10-4-5-11(12)6-10;/h8-12H,4-7H2,1-3H3;1H. The fourth-order valence-corrected chi connectivity index (χ4v) is 5.50. The molecule has 1 amide bonds. The molecule has 1 aromatic heterocycles. The van der Waals surface area contributed by atoms with Gasteiger partial charge in [0.15, 0.2) is 0 Å². The predicted octanol–water partition coefficient (Wildman–Crippen LogP) is 1.97. The maximum Gasteiger partial charge on any atom is 0.346 e. The minimum atomic E-state index is -3.54. The van der Waals surface area contributed by atoms with Gasteiger partial charge < -0.3 is 4.90 Å². The highest BCUT2D eigenvalue weighted by Crippen LogP contribution is 2.48. The molecule has 2 aliphatic rings. The SMILES string of the molecule is CC(C)N(C)C(=O)n1cnc(S(=O)(=O)C2CC3CCC2C3)n1.Cl. The first-order chi connectivity index (χ1) is 10.3. The van der Waals surface area contributed by atoms with Crippen LogP contribution in [0.15, 0.2) is 11.5 Å². The summed E-state index contributed by atoms with van der Waals surface area (Å²) in [5.41, 5.74) is 0. The molecule has 0 N–H and O–H groups in total. The number of aromatic nitrogens is 3. The van der Waals surface area contributed by atoms with Crippen LogP contribution in [0.5, 0.6) is 0 Å². The maximum atomic E-state index is 12.7. The second kappa shape index (κ2) is 6.39. The summed E-state index contributed by atoms with van der Waals surface area (Å²) in [6, 6.07) is -0.376. The Labute approximate surface area is 142 Å². The van der Waals surface area contributed by atoms with Crippen LogP contribution in [0.2, 0.25) is 0 Å². The molecule has 23 heavy (non-hydrogen) atoms. The Hall–Kier alpha value is -1.15. The van der Waals surface area contributed by atoms with Crippen molar-refractivity contribution in [3.8, 4) is 0 Å². The van der Waals surface area contributed by atoms with Crippen molar-refractivity contribution < 1.29 is 13.2 Å². The molecule has 130 valence electrons. The van der Waals surface area contributed by atoms with E-state index in [-0.39, 0.29) is 40.8 Å². The molecule has 2 saturated carbocycles. The number of hydrogen-bond acceptors (Lipinski definition) is 5. The van der Waals surface area contributed by atoms with Crippen molar-refractivity contribution in [2.45, 2.75) is 56.0 Å². The summed E-state index contributed by atoms with van der Waals surface area (Å²) in [5, 5.41) is 3.35. The third-order valence-corrected chi connectivity index (χ3v) is 7.14. The zero-order chi connectivity index (χ0) is 16.1. The third-order valence-electron chi connectivity index (χ3n) is 5.07. The smallest absolute Gasteiger partial charge is 0.323 e. The maximum absolute atomic E-state index is 12.7. The molecular formula is C14H23ClN4O3S. The molecule has 3 rings (SSSR count). The average Bonchev–Trinajstić information content (AvgIpc) is 3.20. The van der Waals surface area contributed by atoms with Crippen LogP contribution in [0.1, 0.15) is 39.5 Å². The Balaban J connectivity index is 0.00000192. The lowest BCUT2D eigenvalue weighted by Gasteiger charge is -2.21. The second-order valence-electron chi connectivity index (χ2n) is 6.72. The van der Waals surface area contributed by atoms with E-state index in [0.29, 0.717) is 12.3 Å². The van der Waals surface area contributed by atoms with Crippen molar-refractivity contribution in [1.29, 1.82) is 0 Å². The first-order valence-corrected chi connectivity index (χ1v) is 9.28. The minimum Gasteiger partial charge on any atom is -0.323 e. The highest BCUT2D eigenvalue weighted by Gasteiger charge is 2.47. The van der Waals surface area contributed by atoms with E-state index in [4.69, 9.17) is 0 Å². The van der Waals surface area contributed by atoms with Gasteiger partial charge in [0, 0.05) is 13.1 Å². The lowest BCUT2D eigenvalue weighted by Crippen LogP contribution is -2.36. The molecule has 1 aromatic rings. The van der Waals surface area contributed by atoms with Crippen LogP contribution in [-0.4, -0.2) is 52.5 Å². The van der Waals surface area contributed by atoms with Gasteiger partial charge in [-0.2, -0.15) is 4.68 Å². The largest absolute Gasteiger partial charge is 0.346 e. The van der Waals surface area contributed by atoms with Crippen LogP contribution >= 0.6 is 12.4 Å². The molecule has 0 aliphatic heterocycles. The number of carbonyl (C=O) groups excluding carboxylic acids is 1. The van der Waals surface area contributed by atoms with Gasteiger partial charge in [0.2, 0.25) is 9.84 Å². The van der Waals surface area contributed by atoms with Crippen molar-refractivity contribution in [1.82, 2.24) is 19.7 Å². The molecule has 2 bridgehead atoms. The fraction of sp³-hybridized carbons (Fsp3) is 0.786. The van der Waals surface area contributed by atoms with E-state index in [1.165, 1.54) is 11.2 Å². The number of amides is 1. The molecule has 3 atom stereocenters. The average molecular weight is 363 g/mol. The molecule has 2 aliphatic carbocycles. The van der Waals surface area contributed by atoms with Gasteiger partial charge in [0.05, 0.1) is 5.25 Å². The quantitative estimate of drug-likeness (QED) is 0.820. The Morgan fingerprint density at radius 2 is 2.04 bits per heavy atom. The van der Waals surface area contributed by atoms with Crippen molar-refractivity contribution in [2.24, 2.45) is 11.8 Å². The summed E-state index contributed by atoms with van der Waals surface area (Å²) in [6.07, 6.45) is 5.02. The zero-order valence-corrected chi connectivity index (χ0v) is 15.2. The number of sulfone groups is 1. The number of rotatable bonds is 3. The van der Waals surface area contributed by atoms with Crippen molar-refractivity contribution in [3.05, 3.63) is 6.33 Å². The highest BCUT2D eigenvalue weighted by atomic mass is 35.5. The topological polar surface area (TPSA) is 85.2 Å². The van der Waals surface area contributed by atoms with E-state index < -0.39 is 9.84 Å². The monoisotopic (exact) mass is 362 g/mol. The van der Waals surface area contributed by atoms with Crippen molar-refractivity contribution in [3.63, 3.8) is 0 Å². The van der Waals surface area contributed by atoms with Gasteiger partial charge in [-0.25, -0.2) is 18.2 Å². The summed E-state index contributed by atoms with van der Waals surface area (Å²) in [4.78, 5) is 17.6. The molecule has 2 fully saturated rings. The van der Waals surface area contributed by atoms with Crippen LogP contribution in [0, 0.1) is 11.8 Å². The molecule has 0 radical (unpaired) electrons. The van der Waals surface area contributed by atoms with Crippen LogP contribution in [0.25, 0.3) is 0 Å². The number of fused-ring (bicyclic) bond motifs is 2. The Morgan fingerprint density at radius 3 is 2.57 bits per heavy atom. The fourth-order valence-electron chi connectivity index (χ4n) is 3.55. The molecule has 3 unspecified atom stereocenters. The van der Waals surface area contributed by atoms with E-state index in [0.717, 1.165) is 23.9 Å². The van der Waals surface area contributed by atoms with Crippen LogP contribution < -0.4 is 0 Å². The van der Waals surface area contributed by atoms with E-state index in [1.807, 2.05) is 13.8 Å². The van der Waals surface area contributed by atoms with Gasteiger partial charge in [-0.3, -0.25) is 0 Å². The molecule has 9 heteroatoms. The summed E-state index contributed by atoms with van der Waals surface area (Å²) in [6.45, 7) is 3.75. The minimum absolute atomic E-state index is 0. The summed E-state index contributed by atoms with van der Waals surface area (Å²) in [7, 11) is -1.89. The third kappa shape index (κ3) is 3.10. The lowest BCUT2D eigenvalue weighted by molar-refractivity contribution is 0.195. The van der Waals surface area contributed by atoms with Crippen LogP contribution in [-0.2, 0) is 9.84 Å². The van der Waals surface area contributed by atoms with Gasteiger partial charge >= 0.3 is 6.03 Å². The van der Waals surface area contributed by atoms with Gasteiger partial charge in [-0.1, -0.05) is 6.42 Å². The van der Waals surface area contributed by atoms with Crippen molar-refractivity contribution in [2.75, 3.05) is 7.05 Å². The lowest BCUT2D eigenvalue weighted by atomic mass is 10.0. The number of hydrogen-bond donors (Lipinski definition) is 0. The Kier molecular flexibility index (Phi) is 5.06. The van der Waals surface area contributed by atoms with Gasteiger partial charge in [-0.15, -0.1) is 17.5 Å². The molecular weight excluding hydrogens is 340 g/mol. The Morgan fingerprint density at radius 1 is 1.35 bits per heavy atom. The van der Waals surface area contributed by atoms with Crippen molar-refractivity contribution >= 4 is 28.3 Å². The second-order valence-corrected chi connectivity index (χ2v) is 8.78. The van der Waals surface area contributed by atoms with E-state index in [2.05, 4.69) is 10.1 Å². The van der Waals surface area contributed by atoms with Gasteiger partial charge in [-0.05, 0) is 44.9 Å². The zero-order valence-electron chi connectivity index (χ0n) is 13.5. The summed E-state index contributed by atoms with van der Waals surface area (Å²) in [5.74, 6) is 0.761. The molecule has 0 spiro atoms. The summed E-state index contributed by atoms with van der Waals surface area (Å²) >= 11 is 0. The van der Waals surface area contributed by atoms with Crippen LogP contribution in [0.3, 0.4) is 0 Å². The normalized spacial score (nSPS) is 26.3. The number of nitrogens with zero attached hydrogens (tertiary/aromatic N) is 4. The first-order valence-electron chi connectivity index (χ1n) is 7.73. The first kappa shape index (κ1) is 18.2. The molecule has 0 saturated heterocycles. The molecule has 0 aromatic carbocycles. The Bertz CT molecular complexity index is 688. The molecule has 7 nitrogen and oxygen atoms in total. The van der Waals surface area contributed by atoms with Gasteiger partial charge in [0.1, 0.15) is 6.33 Å². The van der Waals surface area contributed by atoms with Crippen LogP contribution in [0.4, 0.5) is 4.79 Å².